The Balaban J connectivity index is 1.62. The second kappa shape index (κ2) is 9.78. The van der Waals surface area contributed by atoms with E-state index in [0.717, 1.165) is 47.5 Å². The van der Waals surface area contributed by atoms with Crippen LogP contribution < -0.4 is 0 Å². The summed E-state index contributed by atoms with van der Waals surface area (Å²) in [6, 6.07) is 23.5. The van der Waals surface area contributed by atoms with Crippen molar-refractivity contribution >= 4 is 33.7 Å². The molecule has 0 radical (unpaired) electrons. The molecule has 0 fully saturated rings. The number of hydrogen-bond donors (Lipinski definition) is 0. The van der Waals surface area contributed by atoms with Crippen LogP contribution in [0.5, 0.6) is 0 Å². The summed E-state index contributed by atoms with van der Waals surface area (Å²) in [5.41, 5.74) is 8.24. The topological polar surface area (TPSA) is 70.4 Å². The Labute approximate surface area is 220 Å². The van der Waals surface area contributed by atoms with E-state index in [4.69, 9.17) is 14.5 Å². The van der Waals surface area contributed by atoms with Crippen LogP contribution in [0.25, 0.3) is 44.2 Å². The Morgan fingerprint density at radius 1 is 0.816 bits per heavy atom. The first-order valence-corrected chi connectivity index (χ1v) is 13.1. The van der Waals surface area contributed by atoms with Gasteiger partial charge in [-0.15, -0.1) is 0 Å². The lowest BCUT2D eigenvalue weighted by atomic mass is 9.92. The average molecular weight is 505 g/mol. The van der Waals surface area contributed by atoms with Crippen molar-refractivity contribution in [1.29, 1.82) is 0 Å². The van der Waals surface area contributed by atoms with E-state index >= 15 is 0 Å². The lowest BCUT2D eigenvalue weighted by molar-refractivity contribution is 0.0517. The monoisotopic (exact) mass is 504 g/mol. The van der Waals surface area contributed by atoms with Crippen LogP contribution in [0.4, 0.5) is 0 Å². The first kappa shape index (κ1) is 23.9. The summed E-state index contributed by atoms with van der Waals surface area (Å²) in [6.45, 7) is 5.21. The molecule has 38 heavy (non-hydrogen) atoms. The number of esters is 2. The predicted molar refractivity (Wildman–Crippen MR) is 148 cm³/mol. The second-order valence-electron chi connectivity index (χ2n) is 9.37. The first-order valence-electron chi connectivity index (χ1n) is 13.1. The van der Waals surface area contributed by atoms with E-state index in [2.05, 4.69) is 28.8 Å². The Kier molecular flexibility index (Phi) is 6.16. The second-order valence-corrected chi connectivity index (χ2v) is 9.37. The van der Waals surface area contributed by atoms with Crippen LogP contribution in [-0.4, -0.2) is 34.7 Å². The van der Waals surface area contributed by atoms with Gasteiger partial charge in [0, 0.05) is 34.0 Å². The number of nitrogens with zero attached hydrogens (tertiary/aromatic N) is 2. The van der Waals surface area contributed by atoms with Crippen molar-refractivity contribution in [2.45, 2.75) is 33.2 Å². The molecule has 1 aliphatic rings. The Hall–Kier alpha value is -4.45. The van der Waals surface area contributed by atoms with Gasteiger partial charge in [-0.1, -0.05) is 42.5 Å². The third-order valence-corrected chi connectivity index (χ3v) is 7.13. The number of benzene rings is 3. The van der Waals surface area contributed by atoms with Crippen molar-refractivity contribution in [3.8, 4) is 22.4 Å². The minimum absolute atomic E-state index is 0.331. The molecule has 6 heteroatoms. The highest BCUT2D eigenvalue weighted by molar-refractivity contribution is 6.18. The number of ether oxygens (including phenoxy) is 2. The van der Waals surface area contributed by atoms with Gasteiger partial charge in [0.25, 0.3) is 0 Å². The van der Waals surface area contributed by atoms with Gasteiger partial charge < -0.3 is 14.0 Å². The summed E-state index contributed by atoms with van der Waals surface area (Å²) in [7, 11) is 0. The fourth-order valence-electron chi connectivity index (χ4n) is 5.49. The fraction of sp³-hybridized carbons (Fsp3) is 0.219. The normalized spacial score (nSPS) is 12.6. The molecule has 3 aromatic carbocycles. The van der Waals surface area contributed by atoms with Gasteiger partial charge >= 0.3 is 11.9 Å². The van der Waals surface area contributed by atoms with Crippen LogP contribution in [0.3, 0.4) is 0 Å². The van der Waals surface area contributed by atoms with E-state index in [1.807, 2.05) is 36.4 Å². The molecule has 3 heterocycles. The van der Waals surface area contributed by atoms with Crippen molar-refractivity contribution in [2.24, 2.45) is 0 Å². The van der Waals surface area contributed by atoms with E-state index < -0.39 is 0 Å². The Morgan fingerprint density at radius 3 is 2.05 bits per heavy atom. The molecular formula is C32H28N2O4. The lowest BCUT2D eigenvalue weighted by Crippen LogP contribution is -2.10. The van der Waals surface area contributed by atoms with Crippen LogP contribution in [-0.2, 0) is 22.4 Å². The summed E-state index contributed by atoms with van der Waals surface area (Å²) in [6.07, 6.45) is 1.94. The van der Waals surface area contributed by atoms with Crippen LogP contribution in [0, 0.1) is 0 Å². The number of aromatic nitrogens is 2. The van der Waals surface area contributed by atoms with Gasteiger partial charge in [0.1, 0.15) is 0 Å². The summed E-state index contributed by atoms with van der Waals surface area (Å²) < 4.78 is 12.8. The molecule has 0 spiro atoms. The number of carbonyl (C=O) groups excluding carboxylic acids is 2. The number of rotatable bonds is 6. The summed E-state index contributed by atoms with van der Waals surface area (Å²) in [4.78, 5) is 29.8. The van der Waals surface area contributed by atoms with Gasteiger partial charge in [0.05, 0.1) is 41.2 Å². The molecule has 1 aliphatic heterocycles. The third-order valence-electron chi connectivity index (χ3n) is 7.13. The molecule has 6 nitrogen and oxygen atoms in total. The highest BCUT2D eigenvalue weighted by Gasteiger charge is 2.25. The number of fused-ring (bicyclic) bond motifs is 3. The minimum atomic E-state index is -0.338. The van der Waals surface area contributed by atoms with E-state index in [-0.39, 0.29) is 11.9 Å². The maximum atomic E-state index is 12.3. The molecule has 0 N–H and O–H groups in total. The largest absolute Gasteiger partial charge is 0.462 e. The van der Waals surface area contributed by atoms with E-state index in [0.29, 0.717) is 24.3 Å². The maximum Gasteiger partial charge on any atom is 0.338 e. The standard InChI is InChI=1S/C32H28N2O4/c1-3-37-31(35)22-15-11-20(12-16-22)27-28-24-8-5-6-10-26(24)34-19-7-9-25(30(28)34)33-29(27)21-13-17-23(18-14-21)32(36)38-4-2/h5-6,8,10-18H,3-4,7,9,19H2,1-2H3. The van der Waals surface area contributed by atoms with Crippen LogP contribution in [0.2, 0.25) is 0 Å². The quantitative estimate of drug-likeness (QED) is 0.237. The number of carbonyl (C=O) groups is 2. The molecule has 0 amide bonds. The van der Waals surface area contributed by atoms with E-state index in [1.165, 1.54) is 21.8 Å². The van der Waals surface area contributed by atoms with E-state index in [9.17, 15) is 9.59 Å². The van der Waals surface area contributed by atoms with Crippen LogP contribution in [0.1, 0.15) is 46.7 Å². The number of para-hydroxylation sites is 1. The van der Waals surface area contributed by atoms with Crippen molar-refractivity contribution < 1.29 is 19.1 Å². The highest BCUT2D eigenvalue weighted by Crippen LogP contribution is 2.44. The zero-order chi connectivity index (χ0) is 26.2. The molecule has 0 bridgehead atoms. The third kappa shape index (κ3) is 3.93. The molecule has 5 aromatic rings. The number of pyridine rings is 1. The number of aryl methyl sites for hydroxylation is 2. The zero-order valence-electron chi connectivity index (χ0n) is 21.5. The SMILES string of the molecule is CCOC(=O)c1ccc(-c2nc3c4c(c2-c2ccc(C(=O)OCC)cc2)c2ccccc2n4CCC3)cc1. The zero-order valence-corrected chi connectivity index (χ0v) is 21.5. The Morgan fingerprint density at radius 2 is 1.42 bits per heavy atom. The molecule has 6 rings (SSSR count). The molecule has 0 aliphatic carbocycles. The molecular weight excluding hydrogens is 476 g/mol. The van der Waals surface area contributed by atoms with Gasteiger partial charge in [-0.3, -0.25) is 0 Å². The van der Waals surface area contributed by atoms with Crippen molar-refractivity contribution in [1.82, 2.24) is 9.55 Å². The smallest absolute Gasteiger partial charge is 0.338 e. The predicted octanol–water partition coefficient (Wildman–Crippen LogP) is 6.82. The van der Waals surface area contributed by atoms with Gasteiger partial charge in [-0.25, -0.2) is 14.6 Å². The Bertz CT molecular complexity index is 1680. The lowest BCUT2D eigenvalue weighted by Gasteiger charge is -2.20. The summed E-state index contributed by atoms with van der Waals surface area (Å²) >= 11 is 0. The number of hydrogen-bond acceptors (Lipinski definition) is 5. The fourth-order valence-corrected chi connectivity index (χ4v) is 5.49. The van der Waals surface area contributed by atoms with Crippen LogP contribution >= 0.6 is 0 Å². The van der Waals surface area contributed by atoms with Crippen molar-refractivity contribution in [2.75, 3.05) is 13.2 Å². The maximum absolute atomic E-state index is 12.3. The molecule has 0 unspecified atom stereocenters. The highest BCUT2D eigenvalue weighted by atomic mass is 16.5. The first-order chi connectivity index (χ1) is 18.6. The molecule has 0 saturated carbocycles. The summed E-state index contributed by atoms with van der Waals surface area (Å²) in [5.74, 6) is -0.672. The molecule has 0 saturated heterocycles. The molecule has 0 atom stereocenters. The van der Waals surface area contributed by atoms with Crippen molar-refractivity contribution in [3.63, 3.8) is 0 Å². The van der Waals surface area contributed by atoms with Gasteiger partial charge in [-0.05, 0) is 62.6 Å². The van der Waals surface area contributed by atoms with Gasteiger partial charge in [-0.2, -0.15) is 0 Å². The summed E-state index contributed by atoms with van der Waals surface area (Å²) in [5, 5.41) is 2.35. The molecule has 190 valence electrons. The van der Waals surface area contributed by atoms with E-state index in [1.54, 1.807) is 26.0 Å². The average Bonchev–Trinajstić information content (AvgIpc) is 3.29. The van der Waals surface area contributed by atoms with Crippen molar-refractivity contribution in [3.05, 3.63) is 89.6 Å². The van der Waals surface area contributed by atoms with Gasteiger partial charge in [0.15, 0.2) is 0 Å². The van der Waals surface area contributed by atoms with Crippen LogP contribution in [0.15, 0.2) is 72.8 Å². The van der Waals surface area contributed by atoms with Gasteiger partial charge in [0.2, 0.25) is 0 Å². The minimum Gasteiger partial charge on any atom is -0.462 e. The molecule has 2 aromatic heterocycles.